The third kappa shape index (κ3) is 1.48. The molecule has 17 heavy (non-hydrogen) atoms. The fourth-order valence-corrected chi connectivity index (χ4v) is 3.63. The number of hydrogen-bond acceptors (Lipinski definition) is 3. The molecule has 2 aromatic rings. The molecule has 2 heterocycles. The summed E-state index contributed by atoms with van der Waals surface area (Å²) in [5, 5.41) is 2.51. The van der Waals surface area contributed by atoms with E-state index in [1.54, 1.807) is 0 Å². The lowest BCUT2D eigenvalue weighted by Crippen LogP contribution is -1.97. The van der Waals surface area contributed by atoms with Crippen molar-refractivity contribution in [3.05, 3.63) is 41.3 Å². The lowest BCUT2D eigenvalue weighted by Gasteiger charge is -2.04. The lowest BCUT2D eigenvalue weighted by molar-refractivity contribution is 0.602. The van der Waals surface area contributed by atoms with E-state index in [0.717, 1.165) is 22.0 Å². The van der Waals surface area contributed by atoms with Gasteiger partial charge in [0.2, 0.25) is 9.84 Å². The van der Waals surface area contributed by atoms with E-state index in [1.165, 1.54) is 5.41 Å². The van der Waals surface area contributed by atoms with Crippen molar-refractivity contribution in [2.75, 3.05) is 0 Å². The zero-order valence-electron chi connectivity index (χ0n) is 9.34. The molecular weight excluding hydrogens is 234 g/mol. The Bertz CT molecular complexity index is 745. The monoisotopic (exact) mass is 245 g/mol. The third-order valence-electron chi connectivity index (χ3n) is 2.98. The highest BCUT2D eigenvalue weighted by atomic mass is 32.2. The maximum Gasteiger partial charge on any atom is 0.217 e. The molecule has 0 aliphatic carbocycles. The molecule has 0 fully saturated rings. The second-order valence-electron chi connectivity index (χ2n) is 4.08. The van der Waals surface area contributed by atoms with Crippen molar-refractivity contribution in [2.45, 2.75) is 18.4 Å². The van der Waals surface area contributed by atoms with Crippen LogP contribution >= 0.6 is 0 Å². The summed E-state index contributed by atoms with van der Waals surface area (Å²) >= 11 is 0. The van der Waals surface area contributed by atoms with Crippen molar-refractivity contribution in [1.82, 2.24) is 4.98 Å². The molecule has 0 saturated carbocycles. The molecular formula is C13H11NO2S. The summed E-state index contributed by atoms with van der Waals surface area (Å²) in [6, 6.07) is 9.47. The number of para-hydroxylation sites is 1. The number of fused-ring (bicyclic) bond motifs is 2. The number of sulfone groups is 1. The van der Waals surface area contributed by atoms with E-state index in [2.05, 4.69) is 4.98 Å². The number of allylic oxidation sites excluding steroid dienone is 1. The highest BCUT2D eigenvalue weighted by Gasteiger charge is 2.27. The van der Waals surface area contributed by atoms with Crippen molar-refractivity contribution in [2.24, 2.45) is 0 Å². The first-order valence-corrected chi connectivity index (χ1v) is 7.02. The Morgan fingerprint density at radius 3 is 2.76 bits per heavy atom. The maximum atomic E-state index is 11.9. The minimum Gasteiger partial charge on any atom is -0.235 e. The minimum atomic E-state index is -3.33. The van der Waals surface area contributed by atoms with Crippen LogP contribution in [0.4, 0.5) is 0 Å². The number of benzene rings is 1. The standard InChI is InChI=1S/C13H11NO2S/c1-2-9-8-17(15,16)13-11(9)7-10-5-3-4-6-12(10)14-13/h3-8H,2H2,1H3. The first-order chi connectivity index (χ1) is 8.12. The van der Waals surface area contributed by atoms with Gasteiger partial charge in [0.1, 0.15) is 0 Å². The van der Waals surface area contributed by atoms with Crippen LogP contribution in [0.25, 0.3) is 16.5 Å². The van der Waals surface area contributed by atoms with Crippen LogP contribution in [-0.2, 0) is 9.84 Å². The lowest BCUT2D eigenvalue weighted by atomic mass is 10.1. The van der Waals surface area contributed by atoms with E-state index in [4.69, 9.17) is 0 Å². The average molecular weight is 245 g/mol. The van der Waals surface area contributed by atoms with E-state index in [-0.39, 0.29) is 5.03 Å². The Balaban J connectivity index is 2.42. The number of rotatable bonds is 1. The van der Waals surface area contributed by atoms with Crippen LogP contribution < -0.4 is 0 Å². The highest BCUT2D eigenvalue weighted by Crippen LogP contribution is 2.35. The normalized spacial score (nSPS) is 16.9. The molecule has 0 saturated heterocycles. The van der Waals surface area contributed by atoms with Gasteiger partial charge in [0, 0.05) is 16.4 Å². The summed E-state index contributed by atoms with van der Waals surface area (Å²) in [5.41, 5.74) is 2.32. The highest BCUT2D eigenvalue weighted by molar-refractivity contribution is 7.94. The van der Waals surface area contributed by atoms with Crippen LogP contribution in [0, 0.1) is 0 Å². The Hall–Kier alpha value is -1.68. The quantitative estimate of drug-likeness (QED) is 0.776. The van der Waals surface area contributed by atoms with Crippen molar-refractivity contribution in [1.29, 1.82) is 0 Å². The zero-order chi connectivity index (χ0) is 12.0. The molecule has 0 N–H and O–H groups in total. The van der Waals surface area contributed by atoms with Crippen LogP contribution in [0.15, 0.2) is 40.8 Å². The van der Waals surface area contributed by atoms with E-state index in [1.807, 2.05) is 37.3 Å². The number of nitrogens with zero attached hydrogens (tertiary/aromatic N) is 1. The number of pyridine rings is 1. The molecule has 1 aliphatic heterocycles. The Morgan fingerprint density at radius 2 is 2.00 bits per heavy atom. The molecule has 3 nitrogen and oxygen atoms in total. The Morgan fingerprint density at radius 1 is 1.24 bits per heavy atom. The topological polar surface area (TPSA) is 47.0 Å². The van der Waals surface area contributed by atoms with Crippen molar-refractivity contribution >= 4 is 26.3 Å². The first-order valence-electron chi connectivity index (χ1n) is 5.47. The van der Waals surface area contributed by atoms with Gasteiger partial charge in [-0.25, -0.2) is 13.4 Å². The van der Waals surface area contributed by atoms with Gasteiger partial charge in [0.25, 0.3) is 0 Å². The fraction of sp³-hybridized carbons (Fsp3) is 0.154. The SMILES string of the molecule is CCC1=CS(=O)(=O)c2nc3ccccc3cc21. The van der Waals surface area contributed by atoms with Gasteiger partial charge >= 0.3 is 0 Å². The average Bonchev–Trinajstić information content (AvgIpc) is 2.58. The molecule has 0 radical (unpaired) electrons. The van der Waals surface area contributed by atoms with E-state index < -0.39 is 9.84 Å². The predicted molar refractivity (Wildman–Crippen MR) is 67.2 cm³/mol. The van der Waals surface area contributed by atoms with Crippen LogP contribution in [-0.4, -0.2) is 13.4 Å². The molecule has 1 aliphatic rings. The fourth-order valence-electron chi connectivity index (χ4n) is 2.13. The summed E-state index contributed by atoms with van der Waals surface area (Å²) in [6.07, 6.45) is 0.701. The van der Waals surface area contributed by atoms with E-state index in [0.29, 0.717) is 6.42 Å². The van der Waals surface area contributed by atoms with Gasteiger partial charge in [-0.3, -0.25) is 0 Å². The van der Waals surface area contributed by atoms with E-state index >= 15 is 0 Å². The molecule has 0 unspecified atom stereocenters. The largest absolute Gasteiger partial charge is 0.235 e. The number of hydrogen-bond donors (Lipinski definition) is 0. The predicted octanol–water partition coefficient (Wildman–Crippen LogP) is 2.77. The van der Waals surface area contributed by atoms with Gasteiger partial charge in [0.15, 0.2) is 5.03 Å². The van der Waals surface area contributed by atoms with Crippen molar-refractivity contribution in [3.63, 3.8) is 0 Å². The van der Waals surface area contributed by atoms with Crippen LogP contribution in [0.1, 0.15) is 18.9 Å². The molecule has 4 heteroatoms. The summed E-state index contributed by atoms with van der Waals surface area (Å²) in [5.74, 6) is 0. The van der Waals surface area contributed by atoms with Crippen LogP contribution in [0.5, 0.6) is 0 Å². The number of aromatic nitrogens is 1. The van der Waals surface area contributed by atoms with Gasteiger partial charge in [-0.1, -0.05) is 25.1 Å². The smallest absolute Gasteiger partial charge is 0.217 e. The summed E-state index contributed by atoms with van der Waals surface area (Å²) < 4.78 is 23.9. The molecule has 0 amide bonds. The molecule has 0 bridgehead atoms. The molecule has 0 spiro atoms. The third-order valence-corrected chi connectivity index (χ3v) is 4.43. The molecule has 1 aromatic carbocycles. The van der Waals surface area contributed by atoms with Gasteiger partial charge in [-0.05, 0) is 24.1 Å². The first kappa shape index (κ1) is 10.5. The Kier molecular flexibility index (Phi) is 2.10. The second-order valence-corrected chi connectivity index (χ2v) is 5.79. The second kappa shape index (κ2) is 3.40. The molecule has 1 aromatic heterocycles. The molecule has 0 atom stereocenters. The van der Waals surface area contributed by atoms with Crippen LogP contribution in [0.3, 0.4) is 0 Å². The summed E-state index contributed by atoms with van der Waals surface area (Å²) in [4.78, 5) is 4.27. The Labute approximate surface area is 99.7 Å². The van der Waals surface area contributed by atoms with Gasteiger partial charge < -0.3 is 0 Å². The van der Waals surface area contributed by atoms with E-state index in [9.17, 15) is 8.42 Å². The van der Waals surface area contributed by atoms with Gasteiger partial charge in [-0.2, -0.15) is 0 Å². The summed E-state index contributed by atoms with van der Waals surface area (Å²) in [7, 11) is -3.33. The molecule has 86 valence electrons. The summed E-state index contributed by atoms with van der Waals surface area (Å²) in [6.45, 7) is 1.95. The van der Waals surface area contributed by atoms with Gasteiger partial charge in [0.05, 0.1) is 5.52 Å². The maximum absolute atomic E-state index is 11.9. The van der Waals surface area contributed by atoms with Crippen LogP contribution in [0.2, 0.25) is 0 Å². The zero-order valence-corrected chi connectivity index (χ0v) is 10.2. The minimum absolute atomic E-state index is 0.202. The van der Waals surface area contributed by atoms with Gasteiger partial charge in [-0.15, -0.1) is 0 Å². The van der Waals surface area contributed by atoms with Crippen molar-refractivity contribution in [3.8, 4) is 0 Å². The molecule has 3 rings (SSSR count). The van der Waals surface area contributed by atoms with Crippen molar-refractivity contribution < 1.29 is 8.42 Å².